The van der Waals surface area contributed by atoms with E-state index in [1.807, 2.05) is 92.7 Å². The van der Waals surface area contributed by atoms with Gasteiger partial charge in [-0.3, -0.25) is 14.4 Å². The number of fused-ring (bicyclic) bond motifs is 1. The number of nitrogens with one attached hydrogen (secondary N) is 2. The number of benzene rings is 3. The summed E-state index contributed by atoms with van der Waals surface area (Å²) in [6.07, 6.45) is 1.42. The lowest BCUT2D eigenvalue weighted by molar-refractivity contribution is -0.142. The Morgan fingerprint density at radius 1 is 0.976 bits per heavy atom. The predicted molar refractivity (Wildman–Crippen MR) is 160 cm³/mol. The van der Waals surface area contributed by atoms with Crippen LogP contribution in [0.1, 0.15) is 41.1 Å². The fourth-order valence-electron chi connectivity index (χ4n) is 7.16. The molecule has 0 radical (unpaired) electrons. The zero-order valence-corrected chi connectivity index (χ0v) is 24.1. The van der Waals surface area contributed by atoms with Crippen LogP contribution in [0.3, 0.4) is 0 Å². The van der Waals surface area contributed by atoms with E-state index in [1.54, 1.807) is 16.7 Å². The predicted octanol–water partition coefficient (Wildman–Crippen LogP) is 4.38. The third kappa shape index (κ3) is 4.63. The van der Waals surface area contributed by atoms with E-state index in [9.17, 15) is 19.5 Å². The minimum Gasteiger partial charge on any atom is -0.394 e. The van der Waals surface area contributed by atoms with Gasteiger partial charge in [-0.1, -0.05) is 78.9 Å². The molecule has 7 nitrogen and oxygen atoms in total. The highest BCUT2D eigenvalue weighted by atomic mass is 32.2. The standard InChI is InChI=1S/C33H35N3O4S/c1-20-10-9-11-21(2)28(20)35-31(39)29-33-17-16-25(41-33)26(30(38)34-18-22-12-5-3-6-13-22)27(33)32(40)36(29)24(19-37)23-14-7-4-8-15-23/h3-15,24-27,29,37H,16-19H2,1-2H3,(H,34,38)(H,35,39)/t24-,25-,26+,27+,29?,33?/m1/s1. The number of anilines is 1. The molecule has 0 saturated carbocycles. The van der Waals surface area contributed by atoms with Crippen LogP contribution in [-0.2, 0) is 20.9 Å². The first kappa shape index (κ1) is 27.5. The monoisotopic (exact) mass is 569 g/mol. The molecule has 2 unspecified atom stereocenters. The van der Waals surface area contributed by atoms with Crippen molar-refractivity contribution >= 4 is 35.2 Å². The van der Waals surface area contributed by atoms with Crippen molar-refractivity contribution in [2.75, 3.05) is 11.9 Å². The number of carbonyl (C=O) groups excluding carboxylic acids is 3. The first-order valence-corrected chi connectivity index (χ1v) is 15.1. The van der Waals surface area contributed by atoms with Crippen molar-refractivity contribution in [3.05, 3.63) is 101 Å². The Balaban J connectivity index is 1.38. The van der Waals surface area contributed by atoms with Gasteiger partial charge in [0.2, 0.25) is 17.7 Å². The highest BCUT2D eigenvalue weighted by Crippen LogP contribution is 2.67. The number of para-hydroxylation sites is 1. The van der Waals surface area contributed by atoms with E-state index in [2.05, 4.69) is 10.6 Å². The van der Waals surface area contributed by atoms with Crippen LogP contribution in [0.2, 0.25) is 0 Å². The molecule has 41 heavy (non-hydrogen) atoms. The summed E-state index contributed by atoms with van der Waals surface area (Å²) in [5.41, 5.74) is 4.35. The molecular formula is C33H35N3O4S. The van der Waals surface area contributed by atoms with E-state index in [0.717, 1.165) is 34.4 Å². The number of amides is 3. The molecular weight excluding hydrogens is 534 g/mol. The quantitative estimate of drug-likeness (QED) is 0.374. The summed E-state index contributed by atoms with van der Waals surface area (Å²) in [5.74, 6) is -1.84. The second-order valence-electron chi connectivity index (χ2n) is 11.4. The number of likely N-dealkylation sites (tertiary alicyclic amines) is 1. The molecule has 6 rings (SSSR count). The van der Waals surface area contributed by atoms with Crippen LogP contribution in [0, 0.1) is 25.7 Å². The number of rotatable bonds is 8. The van der Waals surface area contributed by atoms with E-state index < -0.39 is 28.7 Å². The lowest BCUT2D eigenvalue weighted by atomic mass is 9.70. The molecule has 3 aromatic rings. The van der Waals surface area contributed by atoms with Crippen LogP contribution in [0.15, 0.2) is 78.9 Å². The van der Waals surface area contributed by atoms with Crippen LogP contribution in [0.5, 0.6) is 0 Å². The summed E-state index contributed by atoms with van der Waals surface area (Å²) in [7, 11) is 0. The van der Waals surface area contributed by atoms with E-state index in [4.69, 9.17) is 0 Å². The molecule has 3 heterocycles. The number of carbonyl (C=O) groups is 3. The second-order valence-corrected chi connectivity index (χ2v) is 13.0. The van der Waals surface area contributed by atoms with Crippen molar-refractivity contribution in [1.82, 2.24) is 10.2 Å². The Morgan fingerprint density at radius 2 is 1.63 bits per heavy atom. The smallest absolute Gasteiger partial charge is 0.248 e. The van der Waals surface area contributed by atoms with Crippen molar-refractivity contribution in [1.29, 1.82) is 0 Å². The molecule has 3 aliphatic heterocycles. The highest BCUT2D eigenvalue weighted by molar-refractivity contribution is 8.02. The molecule has 3 amide bonds. The lowest BCUT2D eigenvalue weighted by Gasteiger charge is -2.37. The van der Waals surface area contributed by atoms with Gasteiger partial charge in [0.05, 0.1) is 29.2 Å². The van der Waals surface area contributed by atoms with Crippen LogP contribution in [0.25, 0.3) is 0 Å². The van der Waals surface area contributed by atoms with E-state index >= 15 is 0 Å². The van der Waals surface area contributed by atoms with Gasteiger partial charge in [-0.25, -0.2) is 0 Å². The minimum atomic E-state index is -0.835. The number of nitrogens with zero attached hydrogens (tertiary/aromatic N) is 1. The third-order valence-electron chi connectivity index (χ3n) is 9.02. The zero-order chi connectivity index (χ0) is 28.7. The molecule has 3 N–H and O–H groups in total. The molecule has 6 atom stereocenters. The van der Waals surface area contributed by atoms with Crippen molar-refractivity contribution < 1.29 is 19.5 Å². The van der Waals surface area contributed by atoms with Gasteiger partial charge in [0.1, 0.15) is 6.04 Å². The normalized spacial score (nSPS) is 27.0. The molecule has 212 valence electrons. The van der Waals surface area contributed by atoms with Crippen LogP contribution in [0.4, 0.5) is 5.69 Å². The number of aliphatic hydroxyl groups excluding tert-OH is 1. The topological polar surface area (TPSA) is 98.7 Å². The largest absolute Gasteiger partial charge is 0.394 e. The molecule has 1 spiro atoms. The average Bonchev–Trinajstić information content (AvgIpc) is 3.63. The Hall–Kier alpha value is -3.62. The van der Waals surface area contributed by atoms with Gasteiger partial charge < -0.3 is 20.6 Å². The second kappa shape index (κ2) is 11.0. The van der Waals surface area contributed by atoms with Crippen LogP contribution < -0.4 is 10.6 Å². The van der Waals surface area contributed by atoms with E-state index in [-0.39, 0.29) is 29.6 Å². The van der Waals surface area contributed by atoms with E-state index in [0.29, 0.717) is 13.0 Å². The molecule has 3 aromatic carbocycles. The number of thioether (sulfide) groups is 1. The number of hydrogen-bond acceptors (Lipinski definition) is 5. The van der Waals surface area contributed by atoms with Gasteiger partial charge >= 0.3 is 0 Å². The number of hydrogen-bond donors (Lipinski definition) is 3. The van der Waals surface area contributed by atoms with Gasteiger partial charge in [-0.05, 0) is 48.9 Å². The molecule has 3 fully saturated rings. The van der Waals surface area contributed by atoms with Crippen molar-refractivity contribution in [3.8, 4) is 0 Å². The third-order valence-corrected chi connectivity index (χ3v) is 11.0. The maximum absolute atomic E-state index is 14.5. The maximum Gasteiger partial charge on any atom is 0.248 e. The summed E-state index contributed by atoms with van der Waals surface area (Å²) in [6.45, 7) is 3.95. The average molecular weight is 570 g/mol. The summed E-state index contributed by atoms with van der Waals surface area (Å²) in [5, 5.41) is 16.8. The van der Waals surface area contributed by atoms with Gasteiger partial charge in [-0.15, -0.1) is 11.8 Å². The first-order valence-electron chi connectivity index (χ1n) is 14.2. The molecule has 3 aliphatic rings. The number of aryl methyl sites for hydroxylation is 2. The minimum absolute atomic E-state index is 0.0401. The molecule has 8 heteroatoms. The summed E-state index contributed by atoms with van der Waals surface area (Å²) in [6, 6.07) is 23.4. The first-order chi connectivity index (χ1) is 19.9. The summed E-state index contributed by atoms with van der Waals surface area (Å²) < 4.78 is -0.751. The van der Waals surface area contributed by atoms with Crippen LogP contribution >= 0.6 is 11.8 Å². The van der Waals surface area contributed by atoms with Crippen molar-refractivity contribution in [3.63, 3.8) is 0 Å². The fourth-order valence-corrected chi connectivity index (χ4v) is 9.37. The van der Waals surface area contributed by atoms with Gasteiger partial charge in [0.25, 0.3) is 0 Å². The van der Waals surface area contributed by atoms with Crippen molar-refractivity contribution in [2.45, 2.75) is 55.3 Å². The molecule has 3 saturated heterocycles. The molecule has 0 aromatic heterocycles. The Morgan fingerprint density at radius 3 is 2.29 bits per heavy atom. The Labute approximate surface area is 244 Å². The fraction of sp³-hybridized carbons (Fsp3) is 0.364. The van der Waals surface area contributed by atoms with Gasteiger partial charge in [-0.2, -0.15) is 0 Å². The van der Waals surface area contributed by atoms with Crippen LogP contribution in [-0.4, -0.2) is 50.4 Å². The van der Waals surface area contributed by atoms with Gasteiger partial charge in [0, 0.05) is 17.5 Å². The summed E-state index contributed by atoms with van der Waals surface area (Å²) >= 11 is 1.63. The highest BCUT2D eigenvalue weighted by Gasteiger charge is 2.74. The number of aliphatic hydroxyl groups is 1. The summed E-state index contributed by atoms with van der Waals surface area (Å²) in [4.78, 5) is 44.1. The van der Waals surface area contributed by atoms with E-state index in [1.165, 1.54) is 0 Å². The van der Waals surface area contributed by atoms with Crippen molar-refractivity contribution in [2.24, 2.45) is 11.8 Å². The zero-order valence-electron chi connectivity index (χ0n) is 23.2. The molecule has 2 bridgehead atoms. The Bertz CT molecular complexity index is 1450. The maximum atomic E-state index is 14.5. The molecule has 0 aliphatic carbocycles. The lowest BCUT2D eigenvalue weighted by Crippen LogP contribution is -2.52. The Kier molecular flexibility index (Phi) is 7.38. The van der Waals surface area contributed by atoms with Gasteiger partial charge in [0.15, 0.2) is 0 Å². The SMILES string of the molecule is Cc1cccc(C)c1NC(=O)C1N([C@H](CO)c2ccccc2)C(=O)[C@@H]2[C@@H](C(=O)NCc3ccccc3)[C@H]3CCC12S3.